The number of rotatable bonds is 5. The van der Waals surface area contributed by atoms with Gasteiger partial charge in [-0.15, -0.1) is 0 Å². The predicted octanol–water partition coefficient (Wildman–Crippen LogP) is 1.82. The molecule has 3 rings (SSSR count). The van der Waals surface area contributed by atoms with Crippen LogP contribution in [-0.2, 0) is 25.7 Å². The van der Waals surface area contributed by atoms with Crippen LogP contribution in [0.2, 0.25) is 0 Å². The third kappa shape index (κ3) is 4.13. The number of aliphatic carboxylic acids is 1. The fraction of sp³-hybridized carbons (Fsp3) is 0.368. The van der Waals surface area contributed by atoms with E-state index < -0.39 is 35.6 Å². The molecule has 2 fully saturated rings. The van der Waals surface area contributed by atoms with Crippen molar-refractivity contribution >= 4 is 24.1 Å². The SMILES string of the molecule is COC(=O)N1C(=O)/C(=C/C2(NC(=O)OCc3ccccc3)CC2)C[C@H]1C(=O)O. The lowest BCUT2D eigenvalue weighted by molar-refractivity contribution is -0.144. The number of carbonyl (C=O) groups excluding carboxylic acids is 3. The lowest BCUT2D eigenvalue weighted by atomic mass is 10.1. The number of carbonyl (C=O) groups is 4. The highest BCUT2D eigenvalue weighted by Gasteiger charge is 2.49. The number of nitrogens with one attached hydrogen (secondary N) is 1. The predicted molar refractivity (Wildman–Crippen MR) is 95.1 cm³/mol. The standard InChI is InChI=1S/C19H20N2O7/c1-27-18(26)21-14(16(23)24)9-13(15(21)22)10-19(7-8-19)20-17(25)28-11-12-5-3-2-4-6-12/h2-6,10,14H,7-9,11H2,1H3,(H,20,25)(H,23,24)/b13-10+/t14-/m0/s1. The first-order valence-corrected chi connectivity index (χ1v) is 8.70. The van der Waals surface area contributed by atoms with Crippen LogP contribution in [0.25, 0.3) is 0 Å². The Bertz CT molecular complexity index is 830. The first kappa shape index (κ1) is 19.4. The minimum Gasteiger partial charge on any atom is -0.480 e. The Morgan fingerprint density at radius 3 is 2.54 bits per heavy atom. The van der Waals surface area contributed by atoms with Gasteiger partial charge in [-0.25, -0.2) is 19.3 Å². The van der Waals surface area contributed by atoms with Crippen LogP contribution in [0.4, 0.5) is 9.59 Å². The largest absolute Gasteiger partial charge is 0.480 e. The van der Waals surface area contributed by atoms with Crippen molar-refractivity contribution in [3.63, 3.8) is 0 Å². The average Bonchev–Trinajstić information content (AvgIpc) is 3.35. The molecule has 1 aliphatic carbocycles. The number of methoxy groups -OCH3 is 1. The van der Waals surface area contributed by atoms with E-state index in [0.717, 1.165) is 12.7 Å². The van der Waals surface area contributed by atoms with Crippen LogP contribution in [0.3, 0.4) is 0 Å². The molecule has 1 atom stereocenters. The number of ether oxygens (including phenoxy) is 2. The maximum absolute atomic E-state index is 12.5. The van der Waals surface area contributed by atoms with E-state index in [9.17, 15) is 24.3 Å². The molecule has 9 nitrogen and oxygen atoms in total. The molecule has 9 heteroatoms. The second-order valence-electron chi connectivity index (χ2n) is 6.72. The van der Waals surface area contributed by atoms with Crippen LogP contribution in [0.15, 0.2) is 42.0 Å². The van der Waals surface area contributed by atoms with Crippen molar-refractivity contribution in [2.75, 3.05) is 7.11 Å². The Morgan fingerprint density at radius 2 is 1.96 bits per heavy atom. The van der Waals surface area contributed by atoms with Crippen LogP contribution in [0.1, 0.15) is 24.8 Å². The number of likely N-dealkylation sites (tertiary alicyclic amines) is 1. The molecule has 28 heavy (non-hydrogen) atoms. The fourth-order valence-corrected chi connectivity index (χ4v) is 3.05. The molecule has 1 aromatic rings. The summed E-state index contributed by atoms with van der Waals surface area (Å²) in [6, 6.07) is 7.85. The van der Waals surface area contributed by atoms with E-state index >= 15 is 0 Å². The smallest absolute Gasteiger partial charge is 0.417 e. The molecular weight excluding hydrogens is 368 g/mol. The van der Waals surface area contributed by atoms with Gasteiger partial charge in [-0.3, -0.25) is 4.79 Å². The number of imide groups is 1. The molecule has 1 saturated heterocycles. The molecule has 1 aliphatic heterocycles. The molecule has 2 aliphatic rings. The Labute approximate surface area is 160 Å². The lowest BCUT2D eigenvalue weighted by Crippen LogP contribution is -2.43. The highest BCUT2D eigenvalue weighted by molar-refractivity contribution is 6.08. The average molecular weight is 388 g/mol. The molecule has 1 saturated carbocycles. The van der Waals surface area contributed by atoms with Crippen molar-refractivity contribution in [1.82, 2.24) is 10.2 Å². The first-order chi connectivity index (χ1) is 13.3. The topological polar surface area (TPSA) is 122 Å². The second-order valence-corrected chi connectivity index (χ2v) is 6.72. The van der Waals surface area contributed by atoms with Crippen LogP contribution in [0, 0.1) is 0 Å². The van der Waals surface area contributed by atoms with Gasteiger partial charge in [0.2, 0.25) is 0 Å². The van der Waals surface area contributed by atoms with Crippen molar-refractivity contribution in [3.8, 4) is 0 Å². The summed E-state index contributed by atoms with van der Waals surface area (Å²) in [4.78, 5) is 48.3. The van der Waals surface area contributed by atoms with Crippen LogP contribution in [0.5, 0.6) is 0 Å². The maximum atomic E-state index is 12.5. The number of alkyl carbamates (subject to hydrolysis) is 1. The Balaban J connectivity index is 1.66. The van der Waals surface area contributed by atoms with Gasteiger partial charge in [-0.1, -0.05) is 36.4 Å². The molecule has 0 radical (unpaired) electrons. The zero-order valence-electron chi connectivity index (χ0n) is 15.2. The molecule has 1 aromatic carbocycles. The van der Waals surface area contributed by atoms with Crippen LogP contribution in [-0.4, -0.2) is 52.8 Å². The quantitative estimate of drug-likeness (QED) is 0.738. The van der Waals surface area contributed by atoms with E-state index in [1.165, 1.54) is 6.08 Å². The summed E-state index contributed by atoms with van der Waals surface area (Å²) in [5.41, 5.74) is 0.219. The van der Waals surface area contributed by atoms with Gasteiger partial charge < -0.3 is 19.9 Å². The van der Waals surface area contributed by atoms with Crippen LogP contribution < -0.4 is 5.32 Å². The number of nitrogens with zero attached hydrogens (tertiary/aromatic N) is 1. The molecule has 0 unspecified atom stereocenters. The summed E-state index contributed by atoms with van der Waals surface area (Å²) in [5, 5.41) is 12.0. The zero-order valence-corrected chi connectivity index (χ0v) is 15.2. The number of hydrogen-bond donors (Lipinski definition) is 2. The minimum atomic E-state index is -1.33. The third-order valence-electron chi connectivity index (χ3n) is 4.68. The van der Waals surface area contributed by atoms with Crippen molar-refractivity contribution in [1.29, 1.82) is 0 Å². The van der Waals surface area contributed by atoms with Gasteiger partial charge in [-0.05, 0) is 18.4 Å². The molecule has 0 aromatic heterocycles. The summed E-state index contributed by atoms with van der Waals surface area (Å²) in [6.07, 6.45) is 0.883. The van der Waals surface area contributed by atoms with Crippen molar-refractivity contribution < 1.29 is 33.8 Å². The van der Waals surface area contributed by atoms with Gasteiger partial charge >= 0.3 is 18.2 Å². The maximum Gasteiger partial charge on any atom is 0.417 e. The number of benzene rings is 1. The Morgan fingerprint density at radius 1 is 1.29 bits per heavy atom. The van der Waals surface area contributed by atoms with E-state index in [4.69, 9.17) is 4.74 Å². The highest BCUT2D eigenvalue weighted by atomic mass is 16.6. The zero-order chi connectivity index (χ0) is 20.3. The van der Waals surface area contributed by atoms with Gasteiger partial charge in [0.1, 0.15) is 12.6 Å². The summed E-state index contributed by atoms with van der Waals surface area (Å²) >= 11 is 0. The third-order valence-corrected chi connectivity index (χ3v) is 4.68. The first-order valence-electron chi connectivity index (χ1n) is 8.70. The van der Waals surface area contributed by atoms with E-state index in [0.29, 0.717) is 17.7 Å². The van der Waals surface area contributed by atoms with E-state index in [-0.39, 0.29) is 18.6 Å². The van der Waals surface area contributed by atoms with Gasteiger partial charge in [0.25, 0.3) is 5.91 Å². The molecule has 148 valence electrons. The monoisotopic (exact) mass is 388 g/mol. The van der Waals surface area contributed by atoms with Crippen molar-refractivity contribution in [2.45, 2.75) is 37.5 Å². The molecule has 0 spiro atoms. The van der Waals surface area contributed by atoms with E-state index in [1.807, 2.05) is 30.3 Å². The summed E-state index contributed by atoms with van der Waals surface area (Å²) in [7, 11) is 1.07. The number of amides is 3. The number of carboxylic acids is 1. The Hall–Kier alpha value is -3.36. The molecule has 3 amide bonds. The van der Waals surface area contributed by atoms with Gasteiger partial charge in [0, 0.05) is 12.0 Å². The van der Waals surface area contributed by atoms with Crippen LogP contribution >= 0.6 is 0 Å². The number of hydrogen-bond acceptors (Lipinski definition) is 6. The summed E-state index contributed by atoms with van der Waals surface area (Å²) < 4.78 is 9.69. The highest BCUT2D eigenvalue weighted by Crippen LogP contribution is 2.40. The molecule has 1 heterocycles. The van der Waals surface area contributed by atoms with Crippen molar-refractivity contribution in [3.05, 3.63) is 47.5 Å². The molecule has 2 N–H and O–H groups in total. The van der Waals surface area contributed by atoms with Gasteiger partial charge in [0.05, 0.1) is 12.6 Å². The number of carboxylic acid groups (broad SMARTS) is 1. The van der Waals surface area contributed by atoms with E-state index in [2.05, 4.69) is 10.1 Å². The van der Waals surface area contributed by atoms with Gasteiger partial charge in [-0.2, -0.15) is 0 Å². The van der Waals surface area contributed by atoms with Gasteiger partial charge in [0.15, 0.2) is 0 Å². The summed E-state index contributed by atoms with van der Waals surface area (Å²) in [6.45, 7) is 0.107. The molecule has 0 bridgehead atoms. The van der Waals surface area contributed by atoms with E-state index in [1.54, 1.807) is 0 Å². The normalized spacial score (nSPS) is 21.3. The minimum absolute atomic E-state index is 0.107. The molecular formula is C19H20N2O7. The second kappa shape index (κ2) is 7.71. The summed E-state index contributed by atoms with van der Waals surface area (Å²) in [5.74, 6) is -2.03. The Kier molecular flexibility index (Phi) is 5.34. The lowest BCUT2D eigenvalue weighted by Gasteiger charge is -2.17. The van der Waals surface area contributed by atoms with Crippen molar-refractivity contribution in [2.24, 2.45) is 0 Å². The fourth-order valence-electron chi connectivity index (χ4n) is 3.05.